The molecule has 2 saturated carbocycles. The van der Waals surface area contributed by atoms with Gasteiger partial charge in [-0.2, -0.15) is 0 Å². The predicted octanol–water partition coefficient (Wildman–Crippen LogP) is 0.623. The van der Waals surface area contributed by atoms with Crippen LogP contribution in [-0.4, -0.2) is 23.5 Å². The fourth-order valence-corrected chi connectivity index (χ4v) is 2.86. The van der Waals surface area contributed by atoms with Crippen molar-refractivity contribution in [2.45, 2.75) is 25.7 Å². The Hall–Kier alpha value is -1.06. The molecule has 4 heteroatoms. The third-order valence-corrected chi connectivity index (χ3v) is 3.49. The normalized spacial score (nSPS) is 34.4. The number of carbonyl (C=O) groups is 2. The number of carbonyl (C=O) groups excluding carboxylic acids is 1. The molecule has 0 spiro atoms. The summed E-state index contributed by atoms with van der Waals surface area (Å²) in [4.78, 5) is 21.8. The molecule has 2 aliphatic rings. The van der Waals surface area contributed by atoms with Crippen molar-refractivity contribution in [2.75, 3.05) is 6.54 Å². The monoisotopic (exact) mass is 197 g/mol. The Morgan fingerprint density at radius 3 is 2.57 bits per heavy atom. The highest BCUT2D eigenvalue weighted by atomic mass is 16.4. The van der Waals surface area contributed by atoms with Crippen LogP contribution in [0.5, 0.6) is 0 Å². The Balaban J connectivity index is 1.84. The van der Waals surface area contributed by atoms with Gasteiger partial charge in [-0.15, -0.1) is 0 Å². The van der Waals surface area contributed by atoms with E-state index in [0.29, 0.717) is 5.92 Å². The van der Waals surface area contributed by atoms with Crippen LogP contribution >= 0.6 is 0 Å². The van der Waals surface area contributed by atoms with E-state index >= 15 is 0 Å². The smallest absolute Gasteiger partial charge is 0.322 e. The zero-order valence-corrected chi connectivity index (χ0v) is 8.03. The zero-order valence-electron chi connectivity index (χ0n) is 8.03. The van der Waals surface area contributed by atoms with Crippen LogP contribution in [0.15, 0.2) is 0 Å². The highest BCUT2D eigenvalue weighted by Gasteiger charge is 2.42. The fraction of sp³-hybridized carbons (Fsp3) is 0.800. The summed E-state index contributed by atoms with van der Waals surface area (Å²) in [7, 11) is 0. The summed E-state index contributed by atoms with van der Waals surface area (Å²) in [6.07, 6.45) is 4.55. The number of amides is 1. The number of fused-ring (bicyclic) bond motifs is 2. The van der Waals surface area contributed by atoms with E-state index in [1.807, 2.05) is 0 Å². The van der Waals surface area contributed by atoms with Crippen molar-refractivity contribution in [3.63, 3.8) is 0 Å². The second-order valence-electron chi connectivity index (χ2n) is 4.39. The first-order valence-corrected chi connectivity index (χ1v) is 5.16. The number of aliphatic carboxylic acids is 1. The van der Waals surface area contributed by atoms with Gasteiger partial charge in [0.15, 0.2) is 0 Å². The first kappa shape index (κ1) is 9.49. The van der Waals surface area contributed by atoms with Crippen LogP contribution in [0, 0.1) is 17.8 Å². The maximum atomic E-state index is 11.6. The number of nitrogens with one attached hydrogen (secondary N) is 1. The Morgan fingerprint density at radius 2 is 2.07 bits per heavy atom. The van der Waals surface area contributed by atoms with Gasteiger partial charge in [-0.3, -0.25) is 9.59 Å². The molecule has 2 fully saturated rings. The molecule has 0 radical (unpaired) electrons. The van der Waals surface area contributed by atoms with Gasteiger partial charge < -0.3 is 10.4 Å². The molecule has 0 aliphatic heterocycles. The van der Waals surface area contributed by atoms with E-state index in [1.54, 1.807) is 0 Å². The maximum absolute atomic E-state index is 11.6. The van der Waals surface area contributed by atoms with Gasteiger partial charge in [0.25, 0.3) is 0 Å². The molecule has 0 aromatic rings. The van der Waals surface area contributed by atoms with E-state index in [-0.39, 0.29) is 18.4 Å². The van der Waals surface area contributed by atoms with E-state index in [0.717, 1.165) is 18.8 Å². The lowest BCUT2D eigenvalue weighted by Gasteiger charge is -2.20. The van der Waals surface area contributed by atoms with Gasteiger partial charge in [-0.25, -0.2) is 0 Å². The first-order chi connectivity index (χ1) is 6.66. The van der Waals surface area contributed by atoms with Crippen LogP contribution in [0.25, 0.3) is 0 Å². The van der Waals surface area contributed by atoms with Crippen molar-refractivity contribution in [3.05, 3.63) is 0 Å². The van der Waals surface area contributed by atoms with Crippen LogP contribution < -0.4 is 5.32 Å². The van der Waals surface area contributed by atoms with Crippen molar-refractivity contribution in [1.29, 1.82) is 0 Å². The third kappa shape index (κ3) is 1.74. The lowest BCUT2D eigenvalue weighted by atomic mass is 9.88. The molecular weight excluding hydrogens is 182 g/mol. The summed E-state index contributed by atoms with van der Waals surface area (Å²) in [5.74, 6) is 0.309. The molecular formula is C10H15NO3. The standard InChI is InChI=1S/C10H15NO3/c12-9(13)5-11-10(14)8-4-6-1-2-7(8)3-6/h6-8H,1-5H2,(H,11,14)(H,12,13). The SMILES string of the molecule is O=C(O)CNC(=O)C1CC2CCC1C2. The number of carboxylic acids is 1. The Labute approximate surface area is 82.7 Å². The minimum Gasteiger partial charge on any atom is -0.480 e. The van der Waals surface area contributed by atoms with Crippen molar-refractivity contribution < 1.29 is 14.7 Å². The van der Waals surface area contributed by atoms with Crippen LogP contribution in [0.2, 0.25) is 0 Å². The number of carboxylic acid groups (broad SMARTS) is 1. The second kappa shape index (κ2) is 3.59. The zero-order chi connectivity index (χ0) is 10.1. The van der Waals surface area contributed by atoms with Gasteiger partial charge >= 0.3 is 5.97 Å². The van der Waals surface area contributed by atoms with Crippen LogP contribution in [0.3, 0.4) is 0 Å². The predicted molar refractivity (Wildman–Crippen MR) is 49.6 cm³/mol. The van der Waals surface area contributed by atoms with Crippen molar-refractivity contribution >= 4 is 11.9 Å². The molecule has 0 aromatic heterocycles. The van der Waals surface area contributed by atoms with Crippen molar-refractivity contribution in [1.82, 2.24) is 5.32 Å². The van der Waals surface area contributed by atoms with Crippen LogP contribution in [-0.2, 0) is 9.59 Å². The molecule has 2 aliphatic carbocycles. The molecule has 3 unspecified atom stereocenters. The quantitative estimate of drug-likeness (QED) is 0.697. The molecule has 1 amide bonds. The average Bonchev–Trinajstić information content (AvgIpc) is 2.74. The van der Waals surface area contributed by atoms with Gasteiger partial charge in [-0.05, 0) is 31.1 Å². The molecule has 78 valence electrons. The van der Waals surface area contributed by atoms with E-state index in [9.17, 15) is 9.59 Å². The van der Waals surface area contributed by atoms with Crippen LogP contribution in [0.1, 0.15) is 25.7 Å². The molecule has 2 bridgehead atoms. The summed E-state index contributed by atoms with van der Waals surface area (Å²) >= 11 is 0. The number of rotatable bonds is 3. The van der Waals surface area contributed by atoms with Gasteiger partial charge in [0.2, 0.25) is 5.91 Å². The molecule has 2 rings (SSSR count). The summed E-state index contributed by atoms with van der Waals surface area (Å²) in [5, 5.41) is 10.9. The third-order valence-electron chi connectivity index (χ3n) is 3.49. The average molecular weight is 197 g/mol. The van der Waals surface area contributed by atoms with Crippen molar-refractivity contribution in [3.8, 4) is 0 Å². The highest BCUT2D eigenvalue weighted by molar-refractivity contribution is 5.83. The van der Waals surface area contributed by atoms with E-state index in [2.05, 4.69) is 5.32 Å². The maximum Gasteiger partial charge on any atom is 0.322 e. The molecule has 2 N–H and O–H groups in total. The van der Waals surface area contributed by atoms with Crippen molar-refractivity contribution in [2.24, 2.45) is 17.8 Å². The number of hydrogen-bond acceptors (Lipinski definition) is 2. The van der Waals surface area contributed by atoms with E-state index in [1.165, 1.54) is 12.8 Å². The molecule has 0 saturated heterocycles. The molecule has 0 heterocycles. The molecule has 4 nitrogen and oxygen atoms in total. The number of hydrogen-bond donors (Lipinski definition) is 2. The largest absolute Gasteiger partial charge is 0.480 e. The van der Waals surface area contributed by atoms with E-state index in [4.69, 9.17) is 5.11 Å². The Kier molecular flexibility index (Phi) is 2.44. The topological polar surface area (TPSA) is 66.4 Å². The summed E-state index contributed by atoms with van der Waals surface area (Å²) in [6.45, 7) is -0.243. The summed E-state index contributed by atoms with van der Waals surface area (Å²) in [5.41, 5.74) is 0. The minimum absolute atomic E-state index is 0.0559. The van der Waals surface area contributed by atoms with Gasteiger partial charge in [-0.1, -0.05) is 6.42 Å². The summed E-state index contributed by atoms with van der Waals surface area (Å²) in [6, 6.07) is 0. The first-order valence-electron chi connectivity index (χ1n) is 5.16. The lowest BCUT2D eigenvalue weighted by molar-refractivity contribution is -0.138. The molecule has 14 heavy (non-hydrogen) atoms. The molecule has 3 atom stereocenters. The van der Waals surface area contributed by atoms with Crippen LogP contribution in [0.4, 0.5) is 0 Å². The Morgan fingerprint density at radius 1 is 1.29 bits per heavy atom. The second-order valence-corrected chi connectivity index (χ2v) is 4.39. The van der Waals surface area contributed by atoms with Gasteiger partial charge in [0.05, 0.1) is 0 Å². The Bertz CT molecular complexity index is 264. The lowest BCUT2D eigenvalue weighted by Crippen LogP contribution is -2.36. The van der Waals surface area contributed by atoms with Gasteiger partial charge in [0.1, 0.15) is 6.54 Å². The molecule has 0 aromatic carbocycles. The summed E-state index contributed by atoms with van der Waals surface area (Å²) < 4.78 is 0. The highest BCUT2D eigenvalue weighted by Crippen LogP contribution is 2.48. The fourth-order valence-electron chi connectivity index (χ4n) is 2.86. The van der Waals surface area contributed by atoms with E-state index < -0.39 is 5.97 Å². The van der Waals surface area contributed by atoms with Gasteiger partial charge in [0, 0.05) is 5.92 Å². The minimum atomic E-state index is -0.971.